The molecule has 2 aromatic heterocycles. The SMILES string of the molecule is N#CCCCOc1ccc(COc2ccccc2-c2cccc(-n3ncc(C(=O)O)c3C(F)(F)F)n2)cc1. The Bertz CT molecular complexity index is 1460. The number of aromatic nitrogens is 3. The molecule has 0 fully saturated rings. The van der Waals surface area contributed by atoms with E-state index in [4.69, 9.17) is 14.7 Å². The van der Waals surface area contributed by atoms with Gasteiger partial charge in [-0.3, -0.25) is 0 Å². The third-order valence-electron chi connectivity index (χ3n) is 5.40. The zero-order chi connectivity index (χ0) is 27.1. The summed E-state index contributed by atoms with van der Waals surface area (Å²) in [6.07, 6.45) is -3.23. The summed E-state index contributed by atoms with van der Waals surface area (Å²) >= 11 is 0. The summed E-state index contributed by atoms with van der Waals surface area (Å²) in [5.74, 6) is -0.799. The summed E-state index contributed by atoms with van der Waals surface area (Å²) in [4.78, 5) is 15.6. The van der Waals surface area contributed by atoms with E-state index in [1.54, 1.807) is 42.5 Å². The molecule has 0 aliphatic carbocycles. The van der Waals surface area contributed by atoms with Gasteiger partial charge in [-0.25, -0.2) is 14.5 Å². The Morgan fingerprint density at radius 1 is 1.03 bits per heavy atom. The number of carboxylic acid groups (broad SMARTS) is 1. The average Bonchev–Trinajstić information content (AvgIpc) is 3.38. The summed E-state index contributed by atoms with van der Waals surface area (Å²) in [6.45, 7) is 0.661. The first-order valence-corrected chi connectivity index (χ1v) is 11.4. The van der Waals surface area contributed by atoms with Gasteiger partial charge in [-0.1, -0.05) is 30.3 Å². The number of carbonyl (C=O) groups is 1. The fourth-order valence-electron chi connectivity index (χ4n) is 3.63. The lowest BCUT2D eigenvalue weighted by Crippen LogP contribution is -2.18. The molecule has 0 atom stereocenters. The van der Waals surface area contributed by atoms with Crippen molar-refractivity contribution in [3.05, 3.63) is 89.7 Å². The van der Waals surface area contributed by atoms with E-state index in [0.29, 0.717) is 53.1 Å². The van der Waals surface area contributed by atoms with Gasteiger partial charge < -0.3 is 14.6 Å². The van der Waals surface area contributed by atoms with E-state index < -0.39 is 23.4 Å². The molecule has 1 N–H and O–H groups in total. The molecule has 0 bridgehead atoms. The second kappa shape index (κ2) is 11.5. The molecule has 0 spiro atoms. The number of hydrogen-bond acceptors (Lipinski definition) is 6. The Morgan fingerprint density at radius 3 is 2.50 bits per heavy atom. The van der Waals surface area contributed by atoms with E-state index in [0.717, 1.165) is 5.56 Å². The number of pyridine rings is 1. The van der Waals surface area contributed by atoms with Gasteiger partial charge in [0.1, 0.15) is 23.7 Å². The van der Waals surface area contributed by atoms with Crippen LogP contribution >= 0.6 is 0 Å². The van der Waals surface area contributed by atoms with Crippen molar-refractivity contribution in [2.24, 2.45) is 0 Å². The average molecular weight is 522 g/mol. The number of alkyl halides is 3. The van der Waals surface area contributed by atoms with Crippen molar-refractivity contribution in [2.75, 3.05) is 6.61 Å². The zero-order valence-electron chi connectivity index (χ0n) is 19.9. The molecule has 4 rings (SSSR count). The molecule has 2 aromatic carbocycles. The third kappa shape index (κ3) is 6.10. The number of carboxylic acids is 1. The normalized spacial score (nSPS) is 11.1. The van der Waals surface area contributed by atoms with Gasteiger partial charge in [0.25, 0.3) is 0 Å². The molecule has 194 valence electrons. The molecule has 0 radical (unpaired) electrons. The molecule has 0 aliphatic rings. The monoisotopic (exact) mass is 522 g/mol. The molecular weight excluding hydrogens is 501 g/mol. The molecule has 0 amide bonds. The lowest BCUT2D eigenvalue weighted by Gasteiger charge is -2.14. The maximum atomic E-state index is 13.7. The minimum Gasteiger partial charge on any atom is -0.494 e. The smallest absolute Gasteiger partial charge is 0.434 e. The number of halogens is 3. The summed E-state index contributed by atoms with van der Waals surface area (Å²) in [7, 11) is 0. The number of benzene rings is 2. The van der Waals surface area contributed by atoms with Gasteiger partial charge in [-0.05, 0) is 48.4 Å². The first kappa shape index (κ1) is 26.2. The molecule has 8 nitrogen and oxygen atoms in total. The highest BCUT2D eigenvalue weighted by molar-refractivity contribution is 5.89. The van der Waals surface area contributed by atoms with Crippen LogP contribution in [0.2, 0.25) is 0 Å². The van der Waals surface area contributed by atoms with Crippen LogP contribution in [0.4, 0.5) is 13.2 Å². The highest BCUT2D eigenvalue weighted by Crippen LogP contribution is 2.34. The number of hydrogen-bond donors (Lipinski definition) is 1. The standard InChI is InChI=1S/C27H21F3N4O4/c28-27(29,30)25-21(26(35)36)16-32-34(25)24-9-5-7-22(33-24)20-6-1-2-8-23(20)38-17-18-10-12-19(13-11-18)37-15-4-3-14-31/h1-2,5-13,16H,3-4,15,17H2,(H,35,36). The maximum absolute atomic E-state index is 13.7. The van der Waals surface area contributed by atoms with Crippen LogP contribution in [-0.4, -0.2) is 32.4 Å². The lowest BCUT2D eigenvalue weighted by molar-refractivity contribution is -0.143. The van der Waals surface area contributed by atoms with Gasteiger partial charge in [0.15, 0.2) is 11.5 Å². The van der Waals surface area contributed by atoms with E-state index in [1.165, 1.54) is 12.1 Å². The molecule has 11 heteroatoms. The Kier molecular flexibility index (Phi) is 7.91. The number of ether oxygens (including phenoxy) is 2. The van der Waals surface area contributed by atoms with Crippen molar-refractivity contribution in [1.82, 2.24) is 14.8 Å². The quantitative estimate of drug-likeness (QED) is 0.258. The Hall–Kier alpha value is -4.85. The lowest BCUT2D eigenvalue weighted by atomic mass is 10.1. The second-order valence-electron chi connectivity index (χ2n) is 8.04. The van der Waals surface area contributed by atoms with Crippen LogP contribution < -0.4 is 9.47 Å². The van der Waals surface area contributed by atoms with Gasteiger partial charge >= 0.3 is 12.1 Å². The molecule has 0 aliphatic heterocycles. The Balaban J connectivity index is 1.55. The number of para-hydroxylation sites is 1. The molecule has 4 aromatic rings. The van der Waals surface area contributed by atoms with Gasteiger partial charge in [0.2, 0.25) is 0 Å². The van der Waals surface area contributed by atoms with Crippen molar-refractivity contribution in [2.45, 2.75) is 25.6 Å². The van der Waals surface area contributed by atoms with Crippen LogP contribution in [0, 0.1) is 11.3 Å². The number of nitrogens with zero attached hydrogens (tertiary/aromatic N) is 4. The van der Waals surface area contributed by atoms with E-state index in [9.17, 15) is 23.1 Å². The highest BCUT2D eigenvalue weighted by Gasteiger charge is 2.41. The number of nitriles is 1. The van der Waals surface area contributed by atoms with Crippen LogP contribution in [0.5, 0.6) is 11.5 Å². The van der Waals surface area contributed by atoms with Crippen molar-refractivity contribution < 1.29 is 32.5 Å². The largest absolute Gasteiger partial charge is 0.494 e. The van der Waals surface area contributed by atoms with E-state index in [2.05, 4.69) is 16.2 Å². The Labute approximate surface area is 215 Å². The molecule has 0 saturated carbocycles. The van der Waals surface area contributed by atoms with Crippen molar-refractivity contribution in [3.63, 3.8) is 0 Å². The van der Waals surface area contributed by atoms with Gasteiger partial charge in [-0.2, -0.15) is 23.5 Å². The van der Waals surface area contributed by atoms with Crippen molar-refractivity contribution in [3.8, 4) is 34.6 Å². The molecule has 38 heavy (non-hydrogen) atoms. The first-order chi connectivity index (χ1) is 18.3. The highest BCUT2D eigenvalue weighted by atomic mass is 19.4. The minimum absolute atomic E-state index is 0.192. The first-order valence-electron chi connectivity index (χ1n) is 11.4. The summed E-state index contributed by atoms with van der Waals surface area (Å²) in [5.41, 5.74) is -0.673. The van der Waals surface area contributed by atoms with E-state index in [1.807, 2.05) is 12.1 Å². The van der Waals surface area contributed by atoms with Gasteiger partial charge in [0, 0.05) is 12.0 Å². The van der Waals surface area contributed by atoms with Crippen LogP contribution in [0.3, 0.4) is 0 Å². The Morgan fingerprint density at radius 2 is 1.79 bits per heavy atom. The zero-order valence-corrected chi connectivity index (χ0v) is 19.9. The number of rotatable bonds is 10. The second-order valence-corrected chi connectivity index (χ2v) is 8.04. The predicted octanol–water partition coefficient (Wildman–Crippen LogP) is 5.91. The van der Waals surface area contributed by atoms with E-state index in [-0.39, 0.29) is 12.4 Å². The maximum Gasteiger partial charge on any atom is 0.434 e. The molecule has 0 unspecified atom stereocenters. The topological polar surface area (TPSA) is 110 Å². The molecule has 0 saturated heterocycles. The van der Waals surface area contributed by atoms with Crippen LogP contribution in [0.1, 0.15) is 34.5 Å². The van der Waals surface area contributed by atoms with Crippen LogP contribution in [0.15, 0.2) is 72.9 Å². The minimum atomic E-state index is -4.96. The fourth-order valence-corrected chi connectivity index (χ4v) is 3.63. The number of aromatic carboxylic acids is 1. The fraction of sp³-hybridized carbons (Fsp3) is 0.185. The predicted molar refractivity (Wildman–Crippen MR) is 130 cm³/mol. The van der Waals surface area contributed by atoms with Crippen LogP contribution in [-0.2, 0) is 12.8 Å². The summed E-state index contributed by atoms with van der Waals surface area (Å²) in [5, 5.41) is 21.4. The summed E-state index contributed by atoms with van der Waals surface area (Å²) < 4.78 is 53.0. The van der Waals surface area contributed by atoms with Gasteiger partial charge in [-0.15, -0.1) is 0 Å². The van der Waals surface area contributed by atoms with Gasteiger partial charge in [0.05, 0.1) is 24.6 Å². The third-order valence-corrected chi connectivity index (χ3v) is 5.40. The van der Waals surface area contributed by atoms with Crippen molar-refractivity contribution >= 4 is 5.97 Å². The molecule has 2 heterocycles. The molecular formula is C27H21F3N4O4. The number of unbranched alkanes of at least 4 members (excludes halogenated alkanes) is 1. The van der Waals surface area contributed by atoms with E-state index >= 15 is 0 Å². The van der Waals surface area contributed by atoms with Crippen LogP contribution in [0.25, 0.3) is 17.1 Å². The summed E-state index contributed by atoms with van der Waals surface area (Å²) in [6, 6.07) is 20.7. The van der Waals surface area contributed by atoms with Crippen molar-refractivity contribution in [1.29, 1.82) is 5.26 Å².